The van der Waals surface area contributed by atoms with Crippen molar-refractivity contribution in [3.63, 3.8) is 0 Å². The lowest BCUT2D eigenvalue weighted by Crippen LogP contribution is -2.19. The molecule has 3 nitrogen and oxygen atoms in total. The second kappa shape index (κ2) is 5.48. The maximum absolute atomic E-state index is 11.7. The van der Waals surface area contributed by atoms with Crippen LogP contribution in [-0.4, -0.2) is 29.2 Å². The summed E-state index contributed by atoms with van der Waals surface area (Å²) in [5.41, 5.74) is 0. The standard InChI is InChI=1S/C7H7BrF3IN2O/c8-5-3-14(13-6(5)12)1-2-15-4-7(9,10)11/h3H,1-2,4H2. The van der Waals surface area contributed by atoms with Crippen LogP contribution in [0.4, 0.5) is 13.2 Å². The SMILES string of the molecule is FC(F)(F)COCCn1cc(Br)c(I)n1. The largest absolute Gasteiger partial charge is 0.411 e. The summed E-state index contributed by atoms with van der Waals surface area (Å²) in [5.74, 6) is 0. The number of halogens is 5. The van der Waals surface area contributed by atoms with Gasteiger partial charge in [0.05, 0.1) is 17.6 Å². The minimum absolute atomic E-state index is 0.0102. The quantitative estimate of drug-likeness (QED) is 0.576. The minimum atomic E-state index is -4.26. The molecule has 1 heterocycles. The predicted molar refractivity (Wildman–Crippen MR) is 59.5 cm³/mol. The molecule has 0 atom stereocenters. The number of aromatic nitrogens is 2. The third kappa shape index (κ3) is 5.16. The molecule has 1 rings (SSSR count). The lowest BCUT2D eigenvalue weighted by molar-refractivity contribution is -0.174. The molecule has 0 fully saturated rings. The van der Waals surface area contributed by atoms with Crippen LogP contribution in [-0.2, 0) is 11.3 Å². The Morgan fingerprint density at radius 3 is 2.67 bits per heavy atom. The first-order chi connectivity index (χ1) is 6.88. The molecule has 1 aromatic rings. The van der Waals surface area contributed by atoms with Gasteiger partial charge in [0.25, 0.3) is 0 Å². The summed E-state index contributed by atoms with van der Waals surface area (Å²) < 4.78 is 42.6. The zero-order valence-electron chi connectivity index (χ0n) is 7.39. The van der Waals surface area contributed by atoms with E-state index >= 15 is 0 Å². The van der Waals surface area contributed by atoms with E-state index in [1.807, 2.05) is 22.6 Å². The number of nitrogens with zero attached hydrogens (tertiary/aromatic N) is 2. The van der Waals surface area contributed by atoms with Crippen molar-refractivity contribution in [2.75, 3.05) is 13.2 Å². The van der Waals surface area contributed by atoms with Crippen LogP contribution >= 0.6 is 38.5 Å². The maximum Gasteiger partial charge on any atom is 0.411 e. The lowest BCUT2D eigenvalue weighted by Gasteiger charge is -2.07. The summed E-state index contributed by atoms with van der Waals surface area (Å²) in [6.45, 7) is -0.923. The third-order valence-corrected chi connectivity index (χ3v) is 3.52. The molecule has 0 aliphatic rings. The fraction of sp³-hybridized carbons (Fsp3) is 0.571. The van der Waals surface area contributed by atoms with E-state index in [9.17, 15) is 13.2 Å². The van der Waals surface area contributed by atoms with Crippen molar-refractivity contribution in [3.05, 3.63) is 14.4 Å². The normalized spacial score (nSPS) is 12.1. The molecule has 1 aromatic heterocycles. The van der Waals surface area contributed by atoms with Crippen LogP contribution < -0.4 is 0 Å². The number of alkyl halides is 3. The Morgan fingerprint density at radius 1 is 1.53 bits per heavy atom. The lowest BCUT2D eigenvalue weighted by atomic mass is 10.6. The van der Waals surface area contributed by atoms with Gasteiger partial charge in [-0.1, -0.05) is 0 Å². The molecule has 0 spiro atoms. The summed E-state index contributed by atoms with van der Waals surface area (Å²) in [6.07, 6.45) is -2.57. The van der Waals surface area contributed by atoms with Gasteiger partial charge in [-0.05, 0) is 38.5 Å². The monoisotopic (exact) mass is 398 g/mol. The van der Waals surface area contributed by atoms with Crippen molar-refractivity contribution in [2.45, 2.75) is 12.7 Å². The molecule has 0 amide bonds. The van der Waals surface area contributed by atoms with E-state index in [4.69, 9.17) is 0 Å². The average molecular weight is 399 g/mol. The Hall–Kier alpha value is 0.170. The highest BCUT2D eigenvalue weighted by atomic mass is 127. The van der Waals surface area contributed by atoms with E-state index in [-0.39, 0.29) is 6.61 Å². The number of hydrogen-bond donors (Lipinski definition) is 0. The van der Waals surface area contributed by atoms with Gasteiger partial charge in [0, 0.05) is 6.20 Å². The molecular formula is C7H7BrF3IN2O. The molecular weight excluding hydrogens is 392 g/mol. The maximum atomic E-state index is 11.7. The molecule has 0 saturated heterocycles. The summed E-state index contributed by atoms with van der Waals surface area (Å²) in [5, 5.41) is 4.04. The molecule has 0 radical (unpaired) electrons. The smallest absolute Gasteiger partial charge is 0.370 e. The van der Waals surface area contributed by atoms with Crippen LogP contribution in [0.25, 0.3) is 0 Å². The average Bonchev–Trinajstić information content (AvgIpc) is 2.39. The Kier molecular flexibility index (Phi) is 4.84. The second-order valence-electron chi connectivity index (χ2n) is 2.70. The molecule has 0 bridgehead atoms. The Balaban J connectivity index is 2.26. The number of hydrogen-bond acceptors (Lipinski definition) is 2. The van der Waals surface area contributed by atoms with Crippen LogP contribution in [0.1, 0.15) is 0 Å². The molecule has 0 aliphatic carbocycles. The summed E-state index contributed by atoms with van der Waals surface area (Å²) in [4.78, 5) is 0. The van der Waals surface area contributed by atoms with Gasteiger partial charge in [0.1, 0.15) is 10.3 Å². The first-order valence-electron chi connectivity index (χ1n) is 3.91. The van der Waals surface area contributed by atoms with Crippen molar-refractivity contribution in [1.82, 2.24) is 9.78 Å². The van der Waals surface area contributed by atoms with Crippen LogP contribution in [0.15, 0.2) is 10.7 Å². The van der Waals surface area contributed by atoms with Gasteiger partial charge in [-0.15, -0.1) is 0 Å². The number of ether oxygens (including phenoxy) is 1. The highest BCUT2D eigenvalue weighted by Crippen LogP contribution is 2.17. The molecule has 86 valence electrons. The van der Waals surface area contributed by atoms with Gasteiger partial charge in [-0.2, -0.15) is 18.3 Å². The van der Waals surface area contributed by atoms with Gasteiger partial charge in [-0.3, -0.25) is 4.68 Å². The van der Waals surface area contributed by atoms with Crippen molar-refractivity contribution in [3.8, 4) is 0 Å². The minimum Gasteiger partial charge on any atom is -0.370 e. The van der Waals surface area contributed by atoms with Crippen molar-refractivity contribution < 1.29 is 17.9 Å². The molecule has 0 aromatic carbocycles. The summed E-state index contributed by atoms with van der Waals surface area (Å²) in [7, 11) is 0. The van der Waals surface area contributed by atoms with Crippen LogP contribution in [0.2, 0.25) is 0 Å². The van der Waals surface area contributed by atoms with Crippen LogP contribution in [0.3, 0.4) is 0 Å². The fourth-order valence-electron chi connectivity index (χ4n) is 0.834. The topological polar surface area (TPSA) is 27.1 Å². The Morgan fingerprint density at radius 2 is 2.20 bits per heavy atom. The number of rotatable bonds is 4. The zero-order valence-corrected chi connectivity index (χ0v) is 11.1. The van der Waals surface area contributed by atoms with Gasteiger partial charge >= 0.3 is 6.18 Å². The molecule has 0 unspecified atom stereocenters. The fourth-order valence-corrected chi connectivity index (χ4v) is 1.57. The highest BCUT2D eigenvalue weighted by molar-refractivity contribution is 14.1. The zero-order chi connectivity index (χ0) is 11.5. The van der Waals surface area contributed by atoms with E-state index in [2.05, 4.69) is 25.8 Å². The molecule has 8 heteroatoms. The molecule has 0 aliphatic heterocycles. The van der Waals surface area contributed by atoms with E-state index in [1.165, 1.54) is 4.68 Å². The molecule has 15 heavy (non-hydrogen) atoms. The van der Waals surface area contributed by atoms with E-state index in [0.717, 1.165) is 8.17 Å². The summed E-state index contributed by atoms with van der Waals surface area (Å²) >= 11 is 5.26. The van der Waals surface area contributed by atoms with Crippen molar-refractivity contribution in [1.29, 1.82) is 0 Å². The van der Waals surface area contributed by atoms with Gasteiger partial charge < -0.3 is 4.74 Å². The first-order valence-corrected chi connectivity index (χ1v) is 5.78. The van der Waals surface area contributed by atoms with E-state index in [1.54, 1.807) is 6.20 Å². The van der Waals surface area contributed by atoms with Gasteiger partial charge in [0.15, 0.2) is 0 Å². The molecule has 0 saturated carbocycles. The van der Waals surface area contributed by atoms with Gasteiger partial charge in [0.2, 0.25) is 0 Å². The third-order valence-electron chi connectivity index (χ3n) is 1.41. The Bertz CT molecular complexity index is 309. The van der Waals surface area contributed by atoms with Crippen molar-refractivity contribution in [2.24, 2.45) is 0 Å². The highest BCUT2D eigenvalue weighted by Gasteiger charge is 2.27. The van der Waals surface area contributed by atoms with E-state index in [0.29, 0.717) is 6.54 Å². The van der Waals surface area contributed by atoms with Gasteiger partial charge in [-0.25, -0.2) is 0 Å². The Labute approximate surface area is 106 Å². The van der Waals surface area contributed by atoms with Crippen LogP contribution in [0.5, 0.6) is 0 Å². The summed E-state index contributed by atoms with van der Waals surface area (Å²) in [6, 6.07) is 0. The first kappa shape index (κ1) is 13.2. The van der Waals surface area contributed by atoms with Crippen LogP contribution in [0, 0.1) is 3.70 Å². The van der Waals surface area contributed by atoms with Crippen molar-refractivity contribution >= 4 is 38.5 Å². The van der Waals surface area contributed by atoms with E-state index < -0.39 is 12.8 Å². The molecule has 0 N–H and O–H groups in total. The second-order valence-corrected chi connectivity index (χ2v) is 4.57. The predicted octanol–water partition coefficient (Wildman–Crippen LogP) is 2.83.